The van der Waals surface area contributed by atoms with E-state index in [0.717, 1.165) is 25.2 Å². The number of aromatic nitrogens is 1. The van der Waals surface area contributed by atoms with Crippen LogP contribution < -0.4 is 10.1 Å². The van der Waals surface area contributed by atoms with Gasteiger partial charge in [-0.1, -0.05) is 13.0 Å². The van der Waals surface area contributed by atoms with Crippen LogP contribution in [0.25, 0.3) is 0 Å². The normalized spacial score (nSPS) is 10.8. The van der Waals surface area contributed by atoms with Crippen LogP contribution in [0, 0.1) is 6.92 Å². The Morgan fingerprint density at radius 2 is 2.12 bits per heavy atom. The number of ether oxygens (including phenoxy) is 1. The van der Waals surface area contributed by atoms with E-state index in [4.69, 9.17) is 4.74 Å². The van der Waals surface area contributed by atoms with Crippen LogP contribution in [0.15, 0.2) is 12.1 Å². The molecule has 0 saturated heterocycles. The Morgan fingerprint density at radius 1 is 1.38 bits per heavy atom. The lowest BCUT2D eigenvalue weighted by molar-refractivity contribution is 0.232. The molecule has 0 aliphatic carbocycles. The van der Waals surface area contributed by atoms with Gasteiger partial charge in [-0.25, -0.2) is 4.98 Å². The summed E-state index contributed by atoms with van der Waals surface area (Å²) in [6.07, 6.45) is 1.33. The predicted molar refractivity (Wildman–Crippen MR) is 66.7 cm³/mol. The van der Waals surface area contributed by atoms with Crippen molar-refractivity contribution in [3.05, 3.63) is 23.4 Å². The standard InChI is InChI=1S/C13H22N2O/c1-5-8-14-9-12-6-7-13(15-11(12)4)16-10(2)3/h6-7,10,14H,5,8-9H2,1-4H3. The highest BCUT2D eigenvalue weighted by molar-refractivity contribution is 5.24. The van der Waals surface area contributed by atoms with Crippen molar-refractivity contribution in [1.29, 1.82) is 0 Å². The zero-order valence-electron chi connectivity index (χ0n) is 10.7. The lowest BCUT2D eigenvalue weighted by atomic mass is 10.2. The van der Waals surface area contributed by atoms with Gasteiger partial charge in [-0.2, -0.15) is 0 Å². The van der Waals surface area contributed by atoms with Gasteiger partial charge in [0.1, 0.15) is 0 Å². The molecule has 0 bridgehead atoms. The van der Waals surface area contributed by atoms with E-state index in [1.807, 2.05) is 26.8 Å². The van der Waals surface area contributed by atoms with E-state index in [1.54, 1.807) is 0 Å². The summed E-state index contributed by atoms with van der Waals surface area (Å²) >= 11 is 0. The minimum Gasteiger partial charge on any atom is -0.475 e. The molecule has 0 aliphatic heterocycles. The van der Waals surface area contributed by atoms with Gasteiger partial charge < -0.3 is 10.1 Å². The molecule has 0 saturated carbocycles. The minimum absolute atomic E-state index is 0.177. The van der Waals surface area contributed by atoms with Crippen molar-refractivity contribution < 1.29 is 4.74 Å². The second kappa shape index (κ2) is 6.48. The molecule has 3 heteroatoms. The van der Waals surface area contributed by atoms with Crippen LogP contribution in [0.5, 0.6) is 5.88 Å². The van der Waals surface area contributed by atoms with E-state index in [9.17, 15) is 0 Å². The predicted octanol–water partition coefficient (Wildman–Crippen LogP) is 2.68. The number of hydrogen-bond acceptors (Lipinski definition) is 3. The quantitative estimate of drug-likeness (QED) is 0.751. The maximum absolute atomic E-state index is 5.54. The average Bonchev–Trinajstić information content (AvgIpc) is 2.20. The van der Waals surface area contributed by atoms with Crippen LogP contribution in [0.2, 0.25) is 0 Å². The molecule has 0 fully saturated rings. The Hall–Kier alpha value is -1.09. The fraction of sp³-hybridized carbons (Fsp3) is 0.615. The highest BCUT2D eigenvalue weighted by atomic mass is 16.5. The monoisotopic (exact) mass is 222 g/mol. The van der Waals surface area contributed by atoms with Crippen molar-refractivity contribution in [3.8, 4) is 5.88 Å². The Bertz CT molecular complexity index is 324. The second-order valence-electron chi connectivity index (χ2n) is 4.24. The van der Waals surface area contributed by atoms with E-state index >= 15 is 0 Å². The van der Waals surface area contributed by atoms with Gasteiger partial charge in [0.25, 0.3) is 0 Å². The molecule has 0 aliphatic rings. The number of nitrogens with one attached hydrogen (secondary N) is 1. The van der Waals surface area contributed by atoms with E-state index in [0.29, 0.717) is 5.88 Å². The van der Waals surface area contributed by atoms with Crippen molar-refractivity contribution in [2.75, 3.05) is 6.54 Å². The van der Waals surface area contributed by atoms with Crippen LogP contribution >= 0.6 is 0 Å². The van der Waals surface area contributed by atoms with Crippen molar-refractivity contribution in [3.63, 3.8) is 0 Å². The first-order valence-corrected chi connectivity index (χ1v) is 5.97. The second-order valence-corrected chi connectivity index (χ2v) is 4.24. The molecular weight excluding hydrogens is 200 g/mol. The third-order valence-electron chi connectivity index (χ3n) is 2.27. The molecule has 0 amide bonds. The first-order chi connectivity index (χ1) is 7.63. The van der Waals surface area contributed by atoms with Crippen molar-refractivity contribution in [2.24, 2.45) is 0 Å². The summed E-state index contributed by atoms with van der Waals surface area (Å²) < 4.78 is 5.54. The van der Waals surface area contributed by atoms with Gasteiger partial charge in [-0.3, -0.25) is 0 Å². The van der Waals surface area contributed by atoms with Gasteiger partial charge in [0.15, 0.2) is 0 Å². The van der Waals surface area contributed by atoms with Crippen molar-refractivity contribution in [2.45, 2.75) is 46.8 Å². The Labute approximate surface area is 98.2 Å². The third kappa shape index (κ3) is 4.19. The van der Waals surface area contributed by atoms with Crippen LogP contribution in [0.3, 0.4) is 0 Å². The van der Waals surface area contributed by atoms with Crippen LogP contribution in [0.1, 0.15) is 38.4 Å². The molecule has 16 heavy (non-hydrogen) atoms. The summed E-state index contributed by atoms with van der Waals surface area (Å²) in [6.45, 7) is 10.1. The molecule has 90 valence electrons. The largest absolute Gasteiger partial charge is 0.475 e. The molecule has 1 N–H and O–H groups in total. The van der Waals surface area contributed by atoms with Crippen LogP contribution in [-0.4, -0.2) is 17.6 Å². The molecular formula is C13H22N2O. The molecule has 0 radical (unpaired) electrons. The molecule has 0 unspecified atom stereocenters. The van der Waals surface area contributed by atoms with Crippen molar-refractivity contribution in [1.82, 2.24) is 10.3 Å². The molecule has 0 spiro atoms. The number of nitrogens with zero attached hydrogens (tertiary/aromatic N) is 1. The highest BCUT2D eigenvalue weighted by Gasteiger charge is 2.03. The summed E-state index contributed by atoms with van der Waals surface area (Å²) in [5.74, 6) is 0.715. The average molecular weight is 222 g/mol. The fourth-order valence-corrected chi connectivity index (χ4v) is 1.46. The maximum Gasteiger partial charge on any atom is 0.213 e. The molecule has 1 aromatic heterocycles. The Balaban J connectivity index is 2.60. The van der Waals surface area contributed by atoms with Gasteiger partial charge >= 0.3 is 0 Å². The molecule has 1 rings (SSSR count). The van der Waals surface area contributed by atoms with Gasteiger partial charge in [0.2, 0.25) is 5.88 Å². The molecule has 0 atom stereocenters. The summed E-state index contributed by atoms with van der Waals surface area (Å²) in [7, 11) is 0. The zero-order chi connectivity index (χ0) is 12.0. The molecule has 1 heterocycles. The Morgan fingerprint density at radius 3 is 2.69 bits per heavy atom. The maximum atomic E-state index is 5.54. The first kappa shape index (κ1) is 13.0. The summed E-state index contributed by atoms with van der Waals surface area (Å²) in [5.41, 5.74) is 2.28. The van der Waals surface area contributed by atoms with Gasteiger partial charge in [-0.15, -0.1) is 0 Å². The number of rotatable bonds is 6. The SMILES string of the molecule is CCCNCc1ccc(OC(C)C)nc1C. The van der Waals surface area contributed by atoms with E-state index in [2.05, 4.69) is 23.3 Å². The minimum atomic E-state index is 0.177. The van der Waals surface area contributed by atoms with E-state index < -0.39 is 0 Å². The number of hydrogen-bond donors (Lipinski definition) is 1. The molecule has 1 aromatic rings. The number of pyridine rings is 1. The van der Waals surface area contributed by atoms with E-state index in [-0.39, 0.29) is 6.10 Å². The van der Waals surface area contributed by atoms with Gasteiger partial charge in [0.05, 0.1) is 6.10 Å². The molecule has 3 nitrogen and oxygen atoms in total. The third-order valence-corrected chi connectivity index (χ3v) is 2.27. The van der Waals surface area contributed by atoms with Crippen molar-refractivity contribution >= 4 is 0 Å². The zero-order valence-corrected chi connectivity index (χ0v) is 10.7. The van der Waals surface area contributed by atoms with Crippen LogP contribution in [0.4, 0.5) is 0 Å². The summed E-state index contributed by atoms with van der Waals surface area (Å²) in [6, 6.07) is 4.03. The first-order valence-electron chi connectivity index (χ1n) is 5.97. The molecule has 0 aromatic carbocycles. The van der Waals surface area contributed by atoms with Gasteiger partial charge in [-0.05, 0) is 39.3 Å². The fourth-order valence-electron chi connectivity index (χ4n) is 1.46. The smallest absolute Gasteiger partial charge is 0.213 e. The topological polar surface area (TPSA) is 34.1 Å². The number of aryl methyl sites for hydroxylation is 1. The lowest BCUT2D eigenvalue weighted by Crippen LogP contribution is -2.15. The Kier molecular flexibility index (Phi) is 5.26. The summed E-state index contributed by atoms with van der Waals surface area (Å²) in [5, 5.41) is 3.37. The summed E-state index contributed by atoms with van der Waals surface area (Å²) in [4.78, 5) is 4.43. The van der Waals surface area contributed by atoms with E-state index in [1.165, 1.54) is 5.56 Å². The van der Waals surface area contributed by atoms with Crippen LogP contribution in [-0.2, 0) is 6.54 Å². The van der Waals surface area contributed by atoms with Gasteiger partial charge in [0, 0.05) is 18.3 Å². The lowest BCUT2D eigenvalue weighted by Gasteiger charge is -2.11. The highest BCUT2D eigenvalue weighted by Crippen LogP contribution is 2.13.